The average Bonchev–Trinajstić information content (AvgIpc) is 2.53. The summed E-state index contributed by atoms with van der Waals surface area (Å²) in [6.45, 7) is 1.42. The van der Waals surface area contributed by atoms with Crippen LogP contribution < -0.4 is 4.74 Å². The van der Waals surface area contributed by atoms with Crippen molar-refractivity contribution in [3.8, 4) is 5.75 Å². The highest BCUT2D eigenvalue weighted by Crippen LogP contribution is 2.32. The van der Waals surface area contributed by atoms with Gasteiger partial charge in [-0.2, -0.15) is 0 Å². The second-order valence-electron chi connectivity index (χ2n) is 4.75. The van der Waals surface area contributed by atoms with Crippen LogP contribution in [-0.4, -0.2) is 31.8 Å². The lowest BCUT2D eigenvalue weighted by Crippen LogP contribution is -2.35. The number of hydrogen-bond donors (Lipinski definition) is 0. The topological polar surface area (TPSA) is 93.5 Å². The highest BCUT2D eigenvalue weighted by atomic mass is 16.6. The van der Waals surface area contributed by atoms with Crippen molar-refractivity contribution in [2.45, 2.75) is 25.2 Å². The number of carbonyl (C=O) groups excluding carboxylic acids is 1. The third-order valence-electron chi connectivity index (χ3n) is 3.19. The van der Waals surface area contributed by atoms with Crippen molar-refractivity contribution < 1.29 is 19.0 Å². The molecule has 3 atom stereocenters. The fourth-order valence-electron chi connectivity index (χ4n) is 2.16. The maximum absolute atomic E-state index is 10.9. The summed E-state index contributed by atoms with van der Waals surface area (Å²) in [5.41, 5.74) is 9.53. The summed E-state index contributed by atoms with van der Waals surface area (Å²) in [7, 11) is 1.60. The van der Waals surface area contributed by atoms with E-state index in [1.807, 2.05) is 24.3 Å². The molecule has 116 valence electrons. The third kappa shape index (κ3) is 4.38. The SMILES string of the molecule is COc1ccc(C2[CH]C(N=[N+]=[N-])[CH]C(COC(C)=O)O2)cc1. The molecule has 0 aromatic heterocycles. The van der Waals surface area contributed by atoms with Crippen molar-refractivity contribution >= 4 is 5.97 Å². The molecule has 0 aliphatic carbocycles. The summed E-state index contributed by atoms with van der Waals surface area (Å²) in [6, 6.07) is 6.98. The maximum atomic E-state index is 10.9. The first-order valence-corrected chi connectivity index (χ1v) is 6.79. The lowest BCUT2D eigenvalue weighted by atomic mass is 9.95. The van der Waals surface area contributed by atoms with Crippen molar-refractivity contribution in [2.24, 2.45) is 5.11 Å². The van der Waals surface area contributed by atoms with E-state index >= 15 is 0 Å². The van der Waals surface area contributed by atoms with Crippen LogP contribution in [0.2, 0.25) is 0 Å². The van der Waals surface area contributed by atoms with E-state index in [4.69, 9.17) is 19.7 Å². The van der Waals surface area contributed by atoms with Gasteiger partial charge >= 0.3 is 5.97 Å². The van der Waals surface area contributed by atoms with Crippen molar-refractivity contribution in [2.75, 3.05) is 13.7 Å². The van der Waals surface area contributed by atoms with E-state index in [0.717, 1.165) is 11.3 Å². The smallest absolute Gasteiger partial charge is 0.302 e. The van der Waals surface area contributed by atoms with Crippen LogP contribution in [0.25, 0.3) is 10.4 Å². The van der Waals surface area contributed by atoms with Gasteiger partial charge in [0.25, 0.3) is 0 Å². The minimum atomic E-state index is -0.434. The van der Waals surface area contributed by atoms with Gasteiger partial charge in [0.05, 0.1) is 19.3 Å². The zero-order valence-electron chi connectivity index (χ0n) is 12.4. The Morgan fingerprint density at radius 3 is 2.68 bits per heavy atom. The van der Waals surface area contributed by atoms with Crippen molar-refractivity contribution in [3.63, 3.8) is 0 Å². The van der Waals surface area contributed by atoms with E-state index in [0.29, 0.717) is 0 Å². The lowest BCUT2D eigenvalue weighted by Gasteiger charge is -2.33. The number of azide groups is 1. The van der Waals surface area contributed by atoms with Gasteiger partial charge in [0, 0.05) is 30.7 Å². The molecule has 1 saturated heterocycles. The molecule has 1 fully saturated rings. The normalized spacial score (nSPS) is 24.2. The molecule has 1 aromatic rings. The summed E-state index contributed by atoms with van der Waals surface area (Å²) in [6.07, 6.45) is 2.72. The zero-order chi connectivity index (χ0) is 15.9. The molecule has 7 nitrogen and oxygen atoms in total. The van der Waals surface area contributed by atoms with Crippen LogP contribution in [0.1, 0.15) is 18.6 Å². The number of ether oxygens (including phenoxy) is 3. The predicted molar refractivity (Wildman–Crippen MR) is 78.8 cm³/mol. The van der Waals surface area contributed by atoms with Gasteiger partial charge < -0.3 is 14.2 Å². The molecule has 1 aliphatic rings. The molecule has 2 radical (unpaired) electrons. The molecule has 3 unspecified atom stereocenters. The van der Waals surface area contributed by atoms with Gasteiger partial charge in [-0.05, 0) is 23.2 Å². The van der Waals surface area contributed by atoms with Crippen LogP contribution >= 0.6 is 0 Å². The molecule has 1 heterocycles. The molecule has 1 aromatic carbocycles. The van der Waals surface area contributed by atoms with E-state index in [2.05, 4.69) is 10.0 Å². The molecule has 0 amide bonds. The average molecular weight is 303 g/mol. The summed E-state index contributed by atoms with van der Waals surface area (Å²) >= 11 is 0. The van der Waals surface area contributed by atoms with Crippen LogP contribution in [-0.2, 0) is 14.3 Å². The number of benzene rings is 1. The predicted octanol–water partition coefficient (Wildman–Crippen LogP) is 2.79. The summed E-state index contributed by atoms with van der Waals surface area (Å²) < 4.78 is 15.9. The minimum Gasteiger partial charge on any atom is -0.497 e. The minimum absolute atomic E-state index is 0.0906. The molecule has 22 heavy (non-hydrogen) atoms. The van der Waals surface area contributed by atoms with Gasteiger partial charge in [0.1, 0.15) is 12.4 Å². The van der Waals surface area contributed by atoms with Crippen LogP contribution in [0.5, 0.6) is 5.75 Å². The Bertz CT molecular complexity index is 554. The van der Waals surface area contributed by atoms with Crippen LogP contribution in [0.15, 0.2) is 29.4 Å². The Kier molecular flexibility index (Phi) is 5.63. The molecule has 7 heteroatoms. The Morgan fingerprint density at radius 2 is 2.09 bits per heavy atom. The van der Waals surface area contributed by atoms with Crippen molar-refractivity contribution in [3.05, 3.63) is 53.1 Å². The Labute approximate surface area is 128 Å². The summed E-state index contributed by atoms with van der Waals surface area (Å²) in [5.74, 6) is 0.363. The van der Waals surface area contributed by atoms with Crippen LogP contribution in [0.4, 0.5) is 0 Å². The van der Waals surface area contributed by atoms with E-state index in [9.17, 15) is 4.79 Å². The number of hydrogen-bond acceptors (Lipinski definition) is 5. The molecular weight excluding hydrogens is 286 g/mol. The number of rotatable bonds is 5. The summed E-state index contributed by atoms with van der Waals surface area (Å²) in [4.78, 5) is 13.7. The number of esters is 1. The fourth-order valence-corrected chi connectivity index (χ4v) is 2.16. The van der Waals surface area contributed by atoms with E-state index in [1.54, 1.807) is 20.0 Å². The zero-order valence-corrected chi connectivity index (χ0v) is 12.4. The Morgan fingerprint density at radius 1 is 1.36 bits per heavy atom. The molecule has 0 spiro atoms. The molecule has 0 N–H and O–H groups in total. The molecule has 1 aliphatic heterocycles. The van der Waals surface area contributed by atoms with Crippen LogP contribution in [0.3, 0.4) is 0 Å². The molecule has 0 saturated carbocycles. The highest BCUT2D eigenvalue weighted by Gasteiger charge is 2.31. The Balaban J connectivity index is 2.10. The highest BCUT2D eigenvalue weighted by molar-refractivity contribution is 5.65. The quantitative estimate of drug-likeness (QED) is 0.362. The van der Waals surface area contributed by atoms with E-state index in [-0.39, 0.29) is 18.7 Å². The van der Waals surface area contributed by atoms with Gasteiger partial charge in [-0.3, -0.25) is 4.79 Å². The van der Waals surface area contributed by atoms with Crippen molar-refractivity contribution in [1.82, 2.24) is 0 Å². The largest absolute Gasteiger partial charge is 0.497 e. The van der Waals surface area contributed by atoms with Gasteiger partial charge in [0.2, 0.25) is 0 Å². The standard InChI is InChI=1S/C15H17N3O4/c1-10(19)21-9-14-7-12(17-18-16)8-15(22-14)11-3-5-13(20-2)6-4-11/h3-8,12,14-15H,9H2,1-2H3. The first-order valence-electron chi connectivity index (χ1n) is 6.79. The van der Waals surface area contributed by atoms with Gasteiger partial charge in [-0.1, -0.05) is 17.2 Å². The van der Waals surface area contributed by atoms with Gasteiger partial charge in [0.15, 0.2) is 0 Å². The maximum Gasteiger partial charge on any atom is 0.302 e. The van der Waals surface area contributed by atoms with E-state index in [1.165, 1.54) is 6.92 Å². The molecule has 0 bridgehead atoms. The Hall–Kier alpha value is -2.24. The number of methoxy groups -OCH3 is 1. The third-order valence-corrected chi connectivity index (χ3v) is 3.19. The summed E-state index contributed by atoms with van der Waals surface area (Å²) in [5, 5.41) is 3.69. The van der Waals surface area contributed by atoms with Crippen molar-refractivity contribution in [1.29, 1.82) is 0 Å². The first kappa shape index (κ1) is 16.1. The second-order valence-corrected chi connectivity index (χ2v) is 4.75. The van der Waals surface area contributed by atoms with Gasteiger partial charge in [-0.15, -0.1) is 0 Å². The second kappa shape index (κ2) is 7.68. The van der Waals surface area contributed by atoms with Gasteiger partial charge in [-0.25, -0.2) is 0 Å². The fraction of sp³-hybridized carbons (Fsp3) is 0.400. The lowest BCUT2D eigenvalue weighted by molar-refractivity contribution is -0.146. The number of carbonyl (C=O) groups is 1. The van der Waals surface area contributed by atoms with Crippen LogP contribution in [0, 0.1) is 12.8 Å². The monoisotopic (exact) mass is 303 g/mol. The molecular formula is C15H17N3O4. The molecule has 2 rings (SSSR count). The first-order chi connectivity index (χ1) is 10.6. The number of nitrogens with zero attached hydrogens (tertiary/aromatic N) is 3. The van der Waals surface area contributed by atoms with E-state index < -0.39 is 12.1 Å².